The average molecular weight is 459 g/mol. The maximum atomic E-state index is 12.4. The standard InChI is InChI=1S/C20H19BrN4O4/c1-11-12(2)17(9-8-16(11)21)25-19(27)15(18(26)23-20(25)28)10-22-24-13-4-6-14(29-3)7-5-13/h4-10,24,27H,1-3H3,(H,23,26,28). The van der Waals surface area contributed by atoms with Gasteiger partial charge in [0.25, 0.3) is 5.56 Å². The summed E-state index contributed by atoms with van der Waals surface area (Å²) in [5, 5.41) is 14.6. The fourth-order valence-corrected chi connectivity index (χ4v) is 3.16. The molecular formula is C20H19BrN4O4. The highest BCUT2D eigenvalue weighted by Crippen LogP contribution is 2.26. The van der Waals surface area contributed by atoms with Gasteiger partial charge in [0.1, 0.15) is 11.3 Å². The van der Waals surface area contributed by atoms with Gasteiger partial charge in [-0.05, 0) is 61.4 Å². The number of hydrazone groups is 1. The van der Waals surface area contributed by atoms with E-state index in [0.717, 1.165) is 26.4 Å². The molecule has 1 aromatic heterocycles. The van der Waals surface area contributed by atoms with Gasteiger partial charge in [0.05, 0.1) is 24.7 Å². The predicted octanol–water partition coefficient (Wildman–Crippen LogP) is 3.07. The first-order valence-corrected chi connectivity index (χ1v) is 9.40. The number of H-pyrrole nitrogens is 1. The van der Waals surface area contributed by atoms with E-state index in [1.54, 1.807) is 43.5 Å². The van der Waals surface area contributed by atoms with Crippen molar-refractivity contribution in [2.24, 2.45) is 5.10 Å². The minimum absolute atomic E-state index is 0.148. The van der Waals surface area contributed by atoms with Crippen molar-refractivity contribution in [2.75, 3.05) is 12.5 Å². The van der Waals surface area contributed by atoms with Crippen molar-refractivity contribution in [2.45, 2.75) is 13.8 Å². The number of halogens is 1. The molecule has 0 aliphatic rings. The summed E-state index contributed by atoms with van der Waals surface area (Å²) < 4.78 is 7.01. The highest BCUT2D eigenvalue weighted by molar-refractivity contribution is 9.10. The van der Waals surface area contributed by atoms with E-state index in [0.29, 0.717) is 17.1 Å². The highest BCUT2D eigenvalue weighted by Gasteiger charge is 2.17. The molecule has 3 N–H and O–H groups in total. The number of hydrogen-bond acceptors (Lipinski definition) is 6. The maximum Gasteiger partial charge on any atom is 0.335 e. The van der Waals surface area contributed by atoms with Gasteiger partial charge in [-0.2, -0.15) is 5.10 Å². The van der Waals surface area contributed by atoms with Crippen LogP contribution in [0.5, 0.6) is 11.6 Å². The van der Waals surface area contributed by atoms with Crippen LogP contribution < -0.4 is 21.4 Å². The molecular weight excluding hydrogens is 440 g/mol. The van der Waals surface area contributed by atoms with Crippen molar-refractivity contribution in [3.05, 3.63) is 78.4 Å². The zero-order valence-corrected chi connectivity index (χ0v) is 17.6. The smallest absolute Gasteiger partial charge is 0.335 e. The second-order valence-electron chi connectivity index (χ2n) is 6.25. The van der Waals surface area contributed by atoms with E-state index >= 15 is 0 Å². The molecule has 3 aromatic rings. The number of benzene rings is 2. The van der Waals surface area contributed by atoms with E-state index in [-0.39, 0.29) is 5.56 Å². The molecule has 8 nitrogen and oxygen atoms in total. The van der Waals surface area contributed by atoms with Crippen LogP contribution in [0.2, 0.25) is 0 Å². The van der Waals surface area contributed by atoms with Crippen LogP contribution in [-0.2, 0) is 0 Å². The number of nitrogens with one attached hydrogen (secondary N) is 2. The lowest BCUT2D eigenvalue weighted by atomic mass is 10.1. The SMILES string of the molecule is COc1ccc(NN=Cc2c(O)n(-c3ccc(Br)c(C)c3C)c(=O)[nH]c2=O)cc1. The molecule has 29 heavy (non-hydrogen) atoms. The largest absolute Gasteiger partial charge is 0.497 e. The molecule has 0 atom stereocenters. The number of nitrogens with zero attached hydrogens (tertiary/aromatic N) is 2. The Morgan fingerprint density at radius 1 is 1.14 bits per heavy atom. The zero-order chi connectivity index (χ0) is 21.1. The van der Waals surface area contributed by atoms with Crippen LogP contribution >= 0.6 is 15.9 Å². The lowest BCUT2D eigenvalue weighted by molar-refractivity contribution is 0.415. The minimum Gasteiger partial charge on any atom is -0.497 e. The molecule has 0 spiro atoms. The molecule has 0 saturated heterocycles. The summed E-state index contributed by atoms with van der Waals surface area (Å²) in [6.07, 6.45) is 1.16. The fraction of sp³-hybridized carbons (Fsp3) is 0.150. The van der Waals surface area contributed by atoms with Crippen LogP contribution in [-0.4, -0.2) is 28.0 Å². The van der Waals surface area contributed by atoms with Gasteiger partial charge in [-0.25, -0.2) is 9.36 Å². The number of aromatic nitrogens is 2. The number of anilines is 1. The summed E-state index contributed by atoms with van der Waals surface area (Å²) in [5.41, 5.74) is 3.94. The second kappa shape index (κ2) is 8.36. The summed E-state index contributed by atoms with van der Waals surface area (Å²) in [5.74, 6) is 0.199. The van der Waals surface area contributed by atoms with Gasteiger partial charge in [-0.1, -0.05) is 15.9 Å². The Hall–Kier alpha value is -3.33. The number of aromatic amines is 1. The number of ether oxygens (including phenoxy) is 1. The van der Waals surface area contributed by atoms with Crippen molar-refractivity contribution < 1.29 is 9.84 Å². The first-order valence-electron chi connectivity index (χ1n) is 8.61. The number of rotatable bonds is 5. The Labute approximate surface area is 174 Å². The Morgan fingerprint density at radius 2 is 1.83 bits per heavy atom. The van der Waals surface area contributed by atoms with Gasteiger partial charge in [0.15, 0.2) is 0 Å². The molecule has 0 aliphatic heterocycles. The van der Waals surface area contributed by atoms with Gasteiger partial charge in [-0.15, -0.1) is 0 Å². The lowest BCUT2D eigenvalue weighted by Crippen LogP contribution is -2.31. The van der Waals surface area contributed by atoms with Crippen LogP contribution in [0.1, 0.15) is 16.7 Å². The van der Waals surface area contributed by atoms with E-state index in [4.69, 9.17) is 4.74 Å². The molecule has 150 valence electrons. The van der Waals surface area contributed by atoms with E-state index in [1.807, 2.05) is 13.8 Å². The third kappa shape index (κ3) is 4.09. The van der Waals surface area contributed by atoms with E-state index in [2.05, 4.69) is 31.4 Å². The third-order valence-electron chi connectivity index (χ3n) is 4.53. The van der Waals surface area contributed by atoms with E-state index in [1.165, 1.54) is 0 Å². The fourth-order valence-electron chi connectivity index (χ4n) is 2.73. The first kappa shape index (κ1) is 20.4. The Morgan fingerprint density at radius 3 is 2.48 bits per heavy atom. The van der Waals surface area contributed by atoms with Gasteiger partial charge in [0, 0.05) is 4.47 Å². The van der Waals surface area contributed by atoms with Gasteiger partial charge < -0.3 is 9.84 Å². The molecule has 1 heterocycles. The first-order chi connectivity index (χ1) is 13.8. The molecule has 0 fully saturated rings. The Kier molecular flexibility index (Phi) is 5.88. The summed E-state index contributed by atoms with van der Waals surface area (Å²) >= 11 is 3.44. The molecule has 0 amide bonds. The van der Waals surface area contributed by atoms with E-state index < -0.39 is 17.1 Å². The van der Waals surface area contributed by atoms with Gasteiger partial charge in [0.2, 0.25) is 5.88 Å². The van der Waals surface area contributed by atoms with Crippen molar-refractivity contribution in [3.63, 3.8) is 0 Å². The number of methoxy groups -OCH3 is 1. The number of hydrogen-bond donors (Lipinski definition) is 3. The lowest BCUT2D eigenvalue weighted by Gasteiger charge is -2.14. The van der Waals surface area contributed by atoms with Crippen molar-refractivity contribution in [1.82, 2.24) is 9.55 Å². The number of aromatic hydroxyl groups is 1. The minimum atomic E-state index is -0.740. The van der Waals surface area contributed by atoms with Crippen LogP contribution in [0.15, 0.2) is 55.6 Å². The summed E-state index contributed by atoms with van der Waals surface area (Å²) in [6.45, 7) is 3.71. The van der Waals surface area contributed by atoms with Crippen LogP contribution in [0, 0.1) is 13.8 Å². The summed E-state index contributed by atoms with van der Waals surface area (Å²) in [6, 6.07) is 10.4. The van der Waals surface area contributed by atoms with Crippen molar-refractivity contribution in [3.8, 4) is 17.3 Å². The van der Waals surface area contributed by atoms with Crippen LogP contribution in [0.3, 0.4) is 0 Å². The second-order valence-corrected chi connectivity index (χ2v) is 7.10. The predicted molar refractivity (Wildman–Crippen MR) is 116 cm³/mol. The summed E-state index contributed by atoms with van der Waals surface area (Å²) in [7, 11) is 1.57. The van der Waals surface area contributed by atoms with Gasteiger partial charge >= 0.3 is 5.69 Å². The molecule has 0 radical (unpaired) electrons. The van der Waals surface area contributed by atoms with Gasteiger partial charge in [-0.3, -0.25) is 15.2 Å². The normalized spacial score (nSPS) is 11.0. The molecule has 0 saturated carbocycles. The van der Waals surface area contributed by atoms with Crippen LogP contribution in [0.25, 0.3) is 5.69 Å². The Balaban J connectivity index is 2.00. The quantitative estimate of drug-likeness (QED) is 0.402. The highest BCUT2D eigenvalue weighted by atomic mass is 79.9. The van der Waals surface area contributed by atoms with E-state index in [9.17, 15) is 14.7 Å². The molecule has 0 unspecified atom stereocenters. The topological polar surface area (TPSA) is 109 Å². The maximum absolute atomic E-state index is 12.4. The average Bonchev–Trinajstić information content (AvgIpc) is 2.70. The van der Waals surface area contributed by atoms with Crippen molar-refractivity contribution in [1.29, 1.82) is 0 Å². The van der Waals surface area contributed by atoms with Crippen LogP contribution in [0.4, 0.5) is 5.69 Å². The molecule has 0 bridgehead atoms. The monoisotopic (exact) mass is 458 g/mol. The molecule has 3 rings (SSSR count). The third-order valence-corrected chi connectivity index (χ3v) is 5.39. The molecule has 9 heteroatoms. The molecule has 2 aromatic carbocycles. The zero-order valence-electron chi connectivity index (χ0n) is 16.0. The molecule has 0 aliphatic carbocycles. The Bertz CT molecular complexity index is 1200. The summed E-state index contributed by atoms with van der Waals surface area (Å²) in [4.78, 5) is 26.8. The van der Waals surface area contributed by atoms with Crippen molar-refractivity contribution >= 4 is 27.8 Å².